The average Bonchev–Trinajstić information content (AvgIpc) is 3.18. The van der Waals surface area contributed by atoms with E-state index in [0.29, 0.717) is 22.0 Å². The Kier molecular flexibility index (Phi) is 4.65. The molecular weight excluding hydrogens is 465 g/mol. The third kappa shape index (κ3) is 3.27. The standard InChI is InChI=1S/C27H20FN3O3S/c1-3-16-7-8-20-23(10-16)30-27-25(20)26(32)22-9-15(2)21(12-24(22)31(27)18-13-29-14-18)17-5-4-6-19(11-17)35(28,33)34/h1,4-12,18,29-30H,13-14H2,2H3. The van der Waals surface area contributed by atoms with Crippen molar-refractivity contribution in [1.82, 2.24) is 14.9 Å². The van der Waals surface area contributed by atoms with Crippen LogP contribution in [0.5, 0.6) is 0 Å². The van der Waals surface area contributed by atoms with Crippen LogP contribution in [-0.4, -0.2) is 31.1 Å². The molecular formula is C27H20FN3O3S. The van der Waals surface area contributed by atoms with E-state index in [0.717, 1.165) is 46.2 Å². The molecule has 0 atom stereocenters. The Bertz CT molecular complexity index is 1910. The highest BCUT2D eigenvalue weighted by atomic mass is 32.3. The number of rotatable bonds is 3. The highest BCUT2D eigenvalue weighted by molar-refractivity contribution is 7.86. The number of fused-ring (bicyclic) bond motifs is 4. The highest BCUT2D eigenvalue weighted by Crippen LogP contribution is 2.34. The molecule has 0 saturated carbocycles. The molecule has 0 amide bonds. The molecule has 1 fully saturated rings. The molecule has 2 aromatic heterocycles. The van der Waals surface area contributed by atoms with Gasteiger partial charge in [0.05, 0.1) is 21.8 Å². The van der Waals surface area contributed by atoms with Gasteiger partial charge in [-0.05, 0) is 60.0 Å². The first kappa shape index (κ1) is 21.6. The van der Waals surface area contributed by atoms with E-state index in [-0.39, 0.29) is 11.5 Å². The van der Waals surface area contributed by atoms with Crippen molar-refractivity contribution in [2.75, 3.05) is 13.1 Å². The number of hydrogen-bond donors (Lipinski definition) is 2. The zero-order chi connectivity index (χ0) is 24.5. The molecule has 6 nitrogen and oxygen atoms in total. The Hall–Kier alpha value is -3.93. The molecule has 8 heteroatoms. The predicted molar refractivity (Wildman–Crippen MR) is 136 cm³/mol. The second-order valence-corrected chi connectivity index (χ2v) is 10.3. The molecule has 1 saturated heterocycles. The molecule has 174 valence electrons. The van der Waals surface area contributed by atoms with Gasteiger partial charge in [0.2, 0.25) is 0 Å². The molecule has 1 aliphatic heterocycles. The molecule has 35 heavy (non-hydrogen) atoms. The zero-order valence-electron chi connectivity index (χ0n) is 18.7. The fourth-order valence-corrected chi connectivity index (χ4v) is 5.49. The summed E-state index contributed by atoms with van der Waals surface area (Å²) < 4.78 is 38.8. The van der Waals surface area contributed by atoms with Gasteiger partial charge in [-0.15, -0.1) is 10.3 Å². The number of hydrogen-bond acceptors (Lipinski definition) is 4. The normalized spacial score (nSPS) is 14.4. The van der Waals surface area contributed by atoms with Crippen LogP contribution < -0.4 is 10.7 Å². The van der Waals surface area contributed by atoms with Gasteiger partial charge in [-0.25, -0.2) is 0 Å². The van der Waals surface area contributed by atoms with Crippen LogP contribution >= 0.6 is 0 Å². The number of aromatic nitrogens is 2. The van der Waals surface area contributed by atoms with E-state index < -0.39 is 15.1 Å². The van der Waals surface area contributed by atoms with Gasteiger partial charge in [0, 0.05) is 34.9 Å². The van der Waals surface area contributed by atoms with Crippen molar-refractivity contribution in [3.63, 3.8) is 0 Å². The van der Waals surface area contributed by atoms with E-state index in [4.69, 9.17) is 6.42 Å². The van der Waals surface area contributed by atoms with Crippen molar-refractivity contribution in [1.29, 1.82) is 0 Å². The SMILES string of the molecule is C#Cc1ccc2c(c1)[nH]c1c2c(=O)c2cc(C)c(-c3cccc(S(=O)(=O)F)c3)cc2n1C1CNC1. The summed E-state index contributed by atoms with van der Waals surface area (Å²) in [5.74, 6) is 2.63. The van der Waals surface area contributed by atoms with Gasteiger partial charge in [0.15, 0.2) is 5.43 Å². The van der Waals surface area contributed by atoms with Crippen molar-refractivity contribution in [2.45, 2.75) is 17.9 Å². The number of aromatic amines is 1. The van der Waals surface area contributed by atoms with E-state index >= 15 is 0 Å². The third-order valence-electron chi connectivity index (χ3n) is 6.81. The lowest BCUT2D eigenvalue weighted by Crippen LogP contribution is -2.44. The van der Waals surface area contributed by atoms with E-state index in [1.165, 1.54) is 18.2 Å². The van der Waals surface area contributed by atoms with Crippen LogP contribution in [0.3, 0.4) is 0 Å². The maximum atomic E-state index is 13.8. The number of terminal acetylenes is 1. The van der Waals surface area contributed by atoms with Crippen LogP contribution in [0.4, 0.5) is 3.89 Å². The Morgan fingerprint density at radius 3 is 2.57 bits per heavy atom. The largest absolute Gasteiger partial charge is 0.340 e. The highest BCUT2D eigenvalue weighted by Gasteiger charge is 2.26. The Morgan fingerprint density at radius 1 is 1.09 bits per heavy atom. The van der Waals surface area contributed by atoms with Gasteiger partial charge in [0.1, 0.15) is 5.65 Å². The number of H-pyrrole nitrogens is 1. The van der Waals surface area contributed by atoms with Crippen LogP contribution in [0.2, 0.25) is 0 Å². The molecule has 3 aromatic carbocycles. The van der Waals surface area contributed by atoms with E-state index in [1.807, 2.05) is 37.3 Å². The summed E-state index contributed by atoms with van der Waals surface area (Å²) >= 11 is 0. The van der Waals surface area contributed by atoms with Crippen molar-refractivity contribution < 1.29 is 12.3 Å². The monoisotopic (exact) mass is 485 g/mol. The summed E-state index contributed by atoms with van der Waals surface area (Å²) in [7, 11) is -4.84. The summed E-state index contributed by atoms with van der Waals surface area (Å²) in [5.41, 5.74) is 4.95. The maximum absolute atomic E-state index is 13.8. The average molecular weight is 486 g/mol. The number of pyridine rings is 1. The predicted octanol–water partition coefficient (Wildman–Crippen LogP) is 4.40. The lowest BCUT2D eigenvalue weighted by atomic mass is 9.96. The van der Waals surface area contributed by atoms with Crippen molar-refractivity contribution in [3.05, 3.63) is 75.9 Å². The first-order valence-corrected chi connectivity index (χ1v) is 12.5. The second-order valence-electron chi connectivity index (χ2n) is 8.91. The zero-order valence-corrected chi connectivity index (χ0v) is 19.5. The van der Waals surface area contributed by atoms with E-state index in [1.54, 1.807) is 6.07 Å². The van der Waals surface area contributed by atoms with Crippen LogP contribution in [-0.2, 0) is 10.2 Å². The van der Waals surface area contributed by atoms with Gasteiger partial charge in [-0.3, -0.25) is 4.79 Å². The number of nitrogens with zero attached hydrogens (tertiary/aromatic N) is 1. The molecule has 0 spiro atoms. The van der Waals surface area contributed by atoms with Crippen LogP contribution in [0, 0.1) is 19.3 Å². The summed E-state index contributed by atoms with van der Waals surface area (Å²) in [6.07, 6.45) is 5.58. The quantitative estimate of drug-likeness (QED) is 0.293. The van der Waals surface area contributed by atoms with Gasteiger partial charge in [-0.2, -0.15) is 8.42 Å². The topological polar surface area (TPSA) is 84.0 Å². The number of nitrogens with one attached hydrogen (secondary N) is 2. The Labute approximate surface area is 200 Å². The smallest absolute Gasteiger partial charge is 0.332 e. The second kappa shape index (κ2) is 7.54. The van der Waals surface area contributed by atoms with Gasteiger partial charge in [0.25, 0.3) is 0 Å². The lowest BCUT2D eigenvalue weighted by molar-refractivity contribution is 0.357. The lowest BCUT2D eigenvalue weighted by Gasteiger charge is -2.32. The number of benzene rings is 3. The van der Waals surface area contributed by atoms with Crippen LogP contribution in [0.25, 0.3) is 44.0 Å². The van der Waals surface area contributed by atoms with Gasteiger partial charge >= 0.3 is 10.2 Å². The summed E-state index contributed by atoms with van der Waals surface area (Å²) in [6, 6.07) is 15.2. The Morgan fingerprint density at radius 2 is 1.89 bits per heavy atom. The third-order valence-corrected chi connectivity index (χ3v) is 7.63. The molecule has 0 bridgehead atoms. The van der Waals surface area contributed by atoms with Crippen molar-refractivity contribution in [3.8, 4) is 23.5 Å². The molecule has 2 N–H and O–H groups in total. The molecule has 0 radical (unpaired) electrons. The molecule has 5 aromatic rings. The number of halogens is 1. The minimum atomic E-state index is -4.84. The van der Waals surface area contributed by atoms with Crippen molar-refractivity contribution >= 4 is 43.1 Å². The summed E-state index contributed by atoms with van der Waals surface area (Å²) in [5, 5.41) is 5.29. The molecule has 0 aliphatic carbocycles. The molecule has 1 aliphatic rings. The van der Waals surface area contributed by atoms with Crippen LogP contribution in [0.1, 0.15) is 17.2 Å². The number of aryl methyl sites for hydroxylation is 1. The van der Waals surface area contributed by atoms with Gasteiger partial charge in [-0.1, -0.05) is 24.1 Å². The fraction of sp³-hybridized carbons (Fsp3) is 0.148. The van der Waals surface area contributed by atoms with Crippen molar-refractivity contribution in [2.24, 2.45) is 0 Å². The minimum Gasteiger partial charge on any atom is -0.340 e. The molecule has 6 rings (SSSR count). The first-order valence-electron chi connectivity index (χ1n) is 11.1. The van der Waals surface area contributed by atoms with E-state index in [2.05, 4.69) is 20.8 Å². The minimum absolute atomic E-state index is 0.0898. The van der Waals surface area contributed by atoms with E-state index in [9.17, 15) is 17.1 Å². The van der Waals surface area contributed by atoms with Crippen LogP contribution in [0.15, 0.2) is 64.3 Å². The summed E-state index contributed by atoms with van der Waals surface area (Å²) in [6.45, 7) is 3.35. The first-order chi connectivity index (χ1) is 16.8. The molecule has 0 unspecified atom stereocenters. The Balaban J connectivity index is 1.72. The fourth-order valence-electron chi connectivity index (χ4n) is 4.98. The van der Waals surface area contributed by atoms with Gasteiger partial charge < -0.3 is 14.9 Å². The maximum Gasteiger partial charge on any atom is 0.332 e. The summed E-state index contributed by atoms with van der Waals surface area (Å²) in [4.78, 5) is 16.8. The molecule has 3 heterocycles.